The van der Waals surface area contributed by atoms with Crippen LogP contribution in [-0.4, -0.2) is 33.3 Å². The Morgan fingerprint density at radius 1 is 1.17 bits per heavy atom. The molecule has 5 heteroatoms. The smallest absolute Gasteiger partial charge is 0.211 e. The van der Waals surface area contributed by atoms with Crippen LogP contribution in [0.5, 0.6) is 0 Å². The summed E-state index contributed by atoms with van der Waals surface area (Å²) < 4.78 is 26.8. The van der Waals surface area contributed by atoms with Gasteiger partial charge in [-0.05, 0) is 50.6 Å². The summed E-state index contributed by atoms with van der Waals surface area (Å²) in [7, 11) is -3.09. The SMILES string of the molecule is CCNCCCCS(=O)(=O)NC1CCC(C)C1C. The van der Waals surface area contributed by atoms with Crippen LogP contribution in [-0.2, 0) is 10.0 Å². The van der Waals surface area contributed by atoms with E-state index in [4.69, 9.17) is 0 Å². The lowest BCUT2D eigenvalue weighted by molar-refractivity contribution is 0.402. The second-order valence-corrected chi connectivity index (χ2v) is 7.39. The van der Waals surface area contributed by atoms with Crippen molar-refractivity contribution in [1.29, 1.82) is 0 Å². The average molecular weight is 276 g/mol. The van der Waals surface area contributed by atoms with Crippen molar-refractivity contribution in [3.8, 4) is 0 Å². The number of sulfonamides is 1. The zero-order valence-electron chi connectivity index (χ0n) is 11.9. The molecule has 0 aromatic heterocycles. The Morgan fingerprint density at radius 2 is 1.89 bits per heavy atom. The molecule has 0 spiro atoms. The number of unbranched alkanes of at least 4 members (excludes halogenated alkanes) is 1. The molecule has 1 aliphatic carbocycles. The van der Waals surface area contributed by atoms with E-state index in [1.165, 1.54) is 0 Å². The zero-order chi connectivity index (χ0) is 13.6. The van der Waals surface area contributed by atoms with Crippen LogP contribution in [0.2, 0.25) is 0 Å². The molecule has 0 radical (unpaired) electrons. The van der Waals surface area contributed by atoms with Gasteiger partial charge in [-0.2, -0.15) is 0 Å². The maximum absolute atomic E-state index is 11.9. The minimum atomic E-state index is -3.09. The first-order valence-electron chi connectivity index (χ1n) is 7.17. The van der Waals surface area contributed by atoms with Gasteiger partial charge in [0.25, 0.3) is 0 Å². The quantitative estimate of drug-likeness (QED) is 0.664. The maximum atomic E-state index is 11.9. The monoisotopic (exact) mass is 276 g/mol. The largest absolute Gasteiger partial charge is 0.317 e. The van der Waals surface area contributed by atoms with Gasteiger partial charge in [-0.15, -0.1) is 0 Å². The molecular formula is C13H28N2O2S. The van der Waals surface area contributed by atoms with E-state index in [-0.39, 0.29) is 11.8 Å². The molecule has 108 valence electrons. The van der Waals surface area contributed by atoms with Gasteiger partial charge in [0, 0.05) is 6.04 Å². The second-order valence-electron chi connectivity index (χ2n) is 5.52. The highest BCUT2D eigenvalue weighted by atomic mass is 32.2. The second kappa shape index (κ2) is 7.46. The molecule has 0 bridgehead atoms. The molecule has 1 fully saturated rings. The molecule has 0 aromatic carbocycles. The molecule has 1 aliphatic rings. The van der Waals surface area contributed by atoms with Crippen molar-refractivity contribution in [3.63, 3.8) is 0 Å². The minimum Gasteiger partial charge on any atom is -0.317 e. The van der Waals surface area contributed by atoms with E-state index in [1.807, 2.05) is 0 Å². The Bertz CT molecular complexity index is 330. The first kappa shape index (κ1) is 15.9. The summed E-state index contributed by atoms with van der Waals surface area (Å²) in [4.78, 5) is 0. The van der Waals surface area contributed by atoms with Crippen molar-refractivity contribution in [2.45, 2.75) is 52.5 Å². The molecule has 1 saturated carbocycles. The Labute approximate surface area is 112 Å². The van der Waals surface area contributed by atoms with Gasteiger partial charge in [0.2, 0.25) is 10.0 Å². The van der Waals surface area contributed by atoms with Crippen LogP contribution in [0.15, 0.2) is 0 Å². The fraction of sp³-hybridized carbons (Fsp3) is 1.00. The average Bonchev–Trinajstić information content (AvgIpc) is 2.60. The van der Waals surface area contributed by atoms with Gasteiger partial charge in [-0.25, -0.2) is 13.1 Å². The normalized spacial score (nSPS) is 28.7. The third kappa shape index (κ3) is 5.24. The summed E-state index contributed by atoms with van der Waals surface area (Å²) in [5, 5.41) is 3.21. The Kier molecular flexibility index (Phi) is 6.60. The number of nitrogens with one attached hydrogen (secondary N) is 2. The number of hydrogen-bond donors (Lipinski definition) is 2. The maximum Gasteiger partial charge on any atom is 0.211 e. The van der Waals surface area contributed by atoms with E-state index in [0.29, 0.717) is 11.8 Å². The highest BCUT2D eigenvalue weighted by Gasteiger charge is 2.32. The van der Waals surface area contributed by atoms with Gasteiger partial charge in [-0.3, -0.25) is 0 Å². The molecule has 3 atom stereocenters. The Hall–Kier alpha value is -0.130. The summed E-state index contributed by atoms with van der Waals surface area (Å²) in [5.41, 5.74) is 0. The molecule has 0 saturated heterocycles. The van der Waals surface area contributed by atoms with Gasteiger partial charge in [-0.1, -0.05) is 20.8 Å². The first-order chi connectivity index (χ1) is 8.46. The molecule has 1 rings (SSSR count). The van der Waals surface area contributed by atoms with E-state index >= 15 is 0 Å². The predicted octanol–water partition coefficient (Wildman–Crippen LogP) is 1.73. The highest BCUT2D eigenvalue weighted by Crippen LogP contribution is 2.31. The fourth-order valence-electron chi connectivity index (χ4n) is 2.54. The molecule has 4 nitrogen and oxygen atoms in total. The van der Waals surface area contributed by atoms with E-state index in [9.17, 15) is 8.42 Å². The van der Waals surface area contributed by atoms with E-state index in [2.05, 4.69) is 30.8 Å². The van der Waals surface area contributed by atoms with Crippen LogP contribution in [0.1, 0.15) is 46.5 Å². The Balaban J connectivity index is 2.27. The van der Waals surface area contributed by atoms with Crippen molar-refractivity contribution in [1.82, 2.24) is 10.0 Å². The van der Waals surface area contributed by atoms with E-state index in [1.54, 1.807) is 0 Å². The van der Waals surface area contributed by atoms with Crippen LogP contribution in [0.25, 0.3) is 0 Å². The van der Waals surface area contributed by atoms with Gasteiger partial charge in [0.1, 0.15) is 0 Å². The van der Waals surface area contributed by atoms with Gasteiger partial charge in [0.15, 0.2) is 0 Å². The zero-order valence-corrected chi connectivity index (χ0v) is 12.7. The molecular weight excluding hydrogens is 248 g/mol. The summed E-state index contributed by atoms with van der Waals surface area (Å²) in [6.07, 6.45) is 3.78. The molecule has 0 heterocycles. The lowest BCUT2D eigenvalue weighted by Crippen LogP contribution is -2.38. The number of hydrogen-bond acceptors (Lipinski definition) is 3. The van der Waals surface area contributed by atoms with Crippen LogP contribution in [0, 0.1) is 11.8 Å². The molecule has 3 unspecified atom stereocenters. The third-order valence-electron chi connectivity index (χ3n) is 4.06. The molecule has 0 amide bonds. The predicted molar refractivity (Wildman–Crippen MR) is 76.1 cm³/mol. The summed E-state index contributed by atoms with van der Waals surface area (Å²) in [6, 6.07) is 0.152. The van der Waals surface area contributed by atoms with Crippen LogP contribution in [0.4, 0.5) is 0 Å². The lowest BCUT2D eigenvalue weighted by Gasteiger charge is -2.19. The topological polar surface area (TPSA) is 58.2 Å². The standard InChI is InChI=1S/C13H28N2O2S/c1-4-14-9-5-6-10-18(16,17)15-13-8-7-11(2)12(13)3/h11-15H,4-10H2,1-3H3. The van der Waals surface area contributed by atoms with Crippen molar-refractivity contribution >= 4 is 10.0 Å². The van der Waals surface area contributed by atoms with Crippen LogP contribution in [0.3, 0.4) is 0 Å². The van der Waals surface area contributed by atoms with Crippen molar-refractivity contribution in [2.75, 3.05) is 18.8 Å². The first-order valence-corrected chi connectivity index (χ1v) is 8.82. The number of rotatable bonds is 8. The highest BCUT2D eigenvalue weighted by molar-refractivity contribution is 7.89. The fourth-order valence-corrected chi connectivity index (χ4v) is 4.04. The van der Waals surface area contributed by atoms with Crippen molar-refractivity contribution < 1.29 is 8.42 Å². The van der Waals surface area contributed by atoms with Gasteiger partial charge in [0.05, 0.1) is 5.75 Å². The summed E-state index contributed by atoms with van der Waals surface area (Å²) >= 11 is 0. The lowest BCUT2D eigenvalue weighted by atomic mass is 9.98. The van der Waals surface area contributed by atoms with Crippen molar-refractivity contribution in [2.24, 2.45) is 11.8 Å². The Morgan fingerprint density at radius 3 is 2.44 bits per heavy atom. The molecule has 0 aromatic rings. The van der Waals surface area contributed by atoms with E-state index < -0.39 is 10.0 Å². The van der Waals surface area contributed by atoms with Gasteiger partial charge < -0.3 is 5.32 Å². The van der Waals surface area contributed by atoms with E-state index in [0.717, 1.165) is 38.8 Å². The van der Waals surface area contributed by atoms with Gasteiger partial charge >= 0.3 is 0 Å². The van der Waals surface area contributed by atoms with Crippen LogP contribution >= 0.6 is 0 Å². The van der Waals surface area contributed by atoms with Crippen LogP contribution < -0.4 is 10.0 Å². The molecule has 2 N–H and O–H groups in total. The summed E-state index contributed by atoms with van der Waals surface area (Å²) in [6.45, 7) is 8.26. The minimum absolute atomic E-state index is 0.152. The summed E-state index contributed by atoms with van der Waals surface area (Å²) in [5.74, 6) is 1.35. The van der Waals surface area contributed by atoms with Crippen molar-refractivity contribution in [3.05, 3.63) is 0 Å². The molecule has 18 heavy (non-hydrogen) atoms. The third-order valence-corrected chi connectivity index (χ3v) is 5.55. The molecule has 0 aliphatic heterocycles.